The minimum Gasteiger partial charge on any atom is -0.493 e. The third-order valence-corrected chi connectivity index (χ3v) is 4.58. The van der Waals surface area contributed by atoms with E-state index in [9.17, 15) is 4.79 Å². The zero-order valence-electron chi connectivity index (χ0n) is 12.9. The second-order valence-corrected chi connectivity index (χ2v) is 6.18. The van der Waals surface area contributed by atoms with Gasteiger partial charge in [-0.3, -0.25) is 4.79 Å². The summed E-state index contributed by atoms with van der Waals surface area (Å²) in [5.74, 6) is 1.36. The van der Waals surface area contributed by atoms with Gasteiger partial charge in [0.2, 0.25) is 5.91 Å². The van der Waals surface area contributed by atoms with E-state index in [2.05, 4.69) is 0 Å². The quantitative estimate of drug-likeness (QED) is 0.813. The van der Waals surface area contributed by atoms with Gasteiger partial charge in [-0.25, -0.2) is 0 Å². The first-order valence-corrected chi connectivity index (χ1v) is 8.01. The maximum absolute atomic E-state index is 12.2. The molecule has 0 spiro atoms. The van der Waals surface area contributed by atoms with Crippen molar-refractivity contribution in [3.8, 4) is 11.5 Å². The first-order valence-electron chi connectivity index (χ1n) is 6.78. The zero-order valence-corrected chi connectivity index (χ0v) is 13.8. The predicted octanol–water partition coefficient (Wildman–Crippen LogP) is 1.88. The summed E-state index contributed by atoms with van der Waals surface area (Å²) in [6, 6.07) is 3.86. The van der Waals surface area contributed by atoms with Gasteiger partial charge in [-0.05, 0) is 36.8 Å². The molecule has 1 aliphatic rings. The van der Waals surface area contributed by atoms with Crippen molar-refractivity contribution in [2.75, 3.05) is 27.5 Å². The highest BCUT2D eigenvalue weighted by Crippen LogP contribution is 2.37. The molecule has 0 unspecified atom stereocenters. The molecule has 1 saturated carbocycles. The van der Waals surface area contributed by atoms with E-state index >= 15 is 0 Å². The van der Waals surface area contributed by atoms with E-state index in [1.165, 1.54) is 0 Å². The van der Waals surface area contributed by atoms with Crippen LogP contribution < -0.4 is 15.2 Å². The summed E-state index contributed by atoms with van der Waals surface area (Å²) in [7, 11) is 5.01. The molecule has 6 heteroatoms. The van der Waals surface area contributed by atoms with E-state index in [4.69, 9.17) is 15.2 Å². The average Bonchev–Trinajstić information content (AvgIpc) is 3.24. The van der Waals surface area contributed by atoms with Gasteiger partial charge in [0, 0.05) is 18.5 Å². The number of nitrogens with zero attached hydrogens (tertiary/aromatic N) is 1. The number of carbonyl (C=O) groups excluding carboxylic acids is 1. The fourth-order valence-electron chi connectivity index (χ4n) is 2.27. The van der Waals surface area contributed by atoms with Gasteiger partial charge in [-0.15, -0.1) is 11.8 Å². The number of amides is 1. The fourth-order valence-corrected chi connectivity index (χ4v) is 2.88. The van der Waals surface area contributed by atoms with Crippen LogP contribution in [-0.2, 0) is 11.3 Å². The van der Waals surface area contributed by atoms with E-state index in [1.54, 1.807) is 37.9 Å². The zero-order chi connectivity index (χ0) is 15.6. The Balaban J connectivity index is 2.24. The number of hydrogen-bond acceptors (Lipinski definition) is 5. The van der Waals surface area contributed by atoms with Crippen molar-refractivity contribution >= 4 is 17.7 Å². The molecule has 2 rings (SSSR count). The number of nitrogens with two attached hydrogens (primary N) is 1. The molecule has 0 bridgehead atoms. The van der Waals surface area contributed by atoms with Gasteiger partial charge in [-0.2, -0.15) is 0 Å². The fraction of sp³-hybridized carbons (Fsp3) is 0.533. The van der Waals surface area contributed by atoms with Crippen LogP contribution in [0.3, 0.4) is 0 Å². The van der Waals surface area contributed by atoms with Crippen molar-refractivity contribution < 1.29 is 14.3 Å². The van der Waals surface area contributed by atoms with Gasteiger partial charge in [0.05, 0.1) is 19.8 Å². The lowest BCUT2D eigenvalue weighted by Gasteiger charge is -2.23. The Kier molecular flexibility index (Phi) is 4.68. The monoisotopic (exact) mass is 310 g/mol. The van der Waals surface area contributed by atoms with Crippen LogP contribution >= 0.6 is 11.8 Å². The van der Waals surface area contributed by atoms with Crippen LogP contribution in [0.1, 0.15) is 18.4 Å². The summed E-state index contributed by atoms with van der Waals surface area (Å²) >= 11 is 1.62. The SMILES string of the molecule is COc1cc(CN(C)C(=O)C2(N)CC2)c(SC)cc1OC. The molecule has 0 saturated heterocycles. The standard InChI is InChI=1S/C15H22N2O3S/c1-17(14(18)15(16)5-6-15)9-10-7-11(19-2)12(20-3)8-13(10)21-4/h7-8H,5-6,9,16H2,1-4H3. The second-order valence-electron chi connectivity index (χ2n) is 5.34. The van der Waals surface area contributed by atoms with Crippen molar-refractivity contribution in [1.82, 2.24) is 4.90 Å². The summed E-state index contributed by atoms with van der Waals surface area (Å²) in [6.07, 6.45) is 3.55. The van der Waals surface area contributed by atoms with E-state index < -0.39 is 5.54 Å². The topological polar surface area (TPSA) is 64.8 Å². The average molecular weight is 310 g/mol. The maximum atomic E-state index is 12.2. The number of methoxy groups -OCH3 is 2. The lowest BCUT2D eigenvalue weighted by atomic mass is 10.1. The summed E-state index contributed by atoms with van der Waals surface area (Å²) < 4.78 is 10.6. The van der Waals surface area contributed by atoms with Crippen LogP contribution in [0.2, 0.25) is 0 Å². The van der Waals surface area contributed by atoms with E-state index in [0.717, 1.165) is 23.3 Å². The van der Waals surface area contributed by atoms with Gasteiger partial charge in [0.1, 0.15) is 0 Å². The van der Waals surface area contributed by atoms with Crippen LogP contribution in [0, 0.1) is 0 Å². The Bertz CT molecular complexity index is 544. The van der Waals surface area contributed by atoms with Gasteiger partial charge in [0.15, 0.2) is 11.5 Å². The van der Waals surface area contributed by atoms with Crippen LogP contribution in [0.25, 0.3) is 0 Å². The molecule has 2 N–H and O–H groups in total. The van der Waals surface area contributed by atoms with Crippen LogP contribution in [-0.4, -0.2) is 43.9 Å². The molecule has 1 aromatic rings. The van der Waals surface area contributed by atoms with Gasteiger partial charge >= 0.3 is 0 Å². The minimum absolute atomic E-state index is 0.00402. The number of likely N-dealkylation sites (N-methyl/N-ethyl adjacent to an activating group) is 1. The number of hydrogen-bond donors (Lipinski definition) is 1. The summed E-state index contributed by atoms with van der Waals surface area (Å²) in [5, 5.41) is 0. The third-order valence-electron chi connectivity index (χ3n) is 3.76. The number of carbonyl (C=O) groups is 1. The molecule has 1 aromatic carbocycles. The molecule has 21 heavy (non-hydrogen) atoms. The van der Waals surface area contributed by atoms with Gasteiger partial charge in [-0.1, -0.05) is 0 Å². The number of ether oxygens (including phenoxy) is 2. The summed E-state index contributed by atoms with van der Waals surface area (Å²) in [4.78, 5) is 15.0. The van der Waals surface area contributed by atoms with Crippen molar-refractivity contribution in [3.05, 3.63) is 17.7 Å². The molecule has 5 nitrogen and oxygen atoms in total. The molecule has 0 atom stereocenters. The van der Waals surface area contributed by atoms with Crippen molar-refractivity contribution in [3.63, 3.8) is 0 Å². The molecule has 1 fully saturated rings. The first kappa shape index (κ1) is 16.0. The van der Waals surface area contributed by atoms with E-state index in [1.807, 2.05) is 18.4 Å². The van der Waals surface area contributed by atoms with Crippen LogP contribution in [0.4, 0.5) is 0 Å². The Morgan fingerprint density at radius 2 is 1.90 bits per heavy atom. The van der Waals surface area contributed by atoms with E-state index in [0.29, 0.717) is 18.0 Å². The molecular weight excluding hydrogens is 288 g/mol. The largest absolute Gasteiger partial charge is 0.493 e. The van der Waals surface area contributed by atoms with Crippen molar-refractivity contribution in [1.29, 1.82) is 0 Å². The number of rotatable bonds is 6. The summed E-state index contributed by atoms with van der Waals surface area (Å²) in [6.45, 7) is 0.508. The molecule has 1 amide bonds. The maximum Gasteiger partial charge on any atom is 0.242 e. The van der Waals surface area contributed by atoms with Gasteiger partial charge < -0.3 is 20.1 Å². The molecular formula is C15H22N2O3S. The highest BCUT2D eigenvalue weighted by Gasteiger charge is 2.47. The van der Waals surface area contributed by atoms with Gasteiger partial charge in [0.25, 0.3) is 0 Å². The minimum atomic E-state index is -0.634. The Morgan fingerprint density at radius 1 is 1.33 bits per heavy atom. The second kappa shape index (κ2) is 6.15. The highest BCUT2D eigenvalue weighted by molar-refractivity contribution is 7.98. The number of thioether (sulfide) groups is 1. The van der Waals surface area contributed by atoms with Crippen LogP contribution in [0.15, 0.2) is 17.0 Å². The molecule has 0 aliphatic heterocycles. The highest BCUT2D eigenvalue weighted by atomic mass is 32.2. The first-order chi connectivity index (χ1) is 9.95. The molecule has 116 valence electrons. The normalized spacial score (nSPS) is 15.5. The Labute approximate surface area is 129 Å². The third kappa shape index (κ3) is 3.27. The van der Waals surface area contributed by atoms with Crippen LogP contribution in [0.5, 0.6) is 11.5 Å². The van der Waals surface area contributed by atoms with Crippen molar-refractivity contribution in [2.45, 2.75) is 29.8 Å². The van der Waals surface area contributed by atoms with Crippen molar-refractivity contribution in [2.24, 2.45) is 5.73 Å². The molecule has 0 aromatic heterocycles. The Morgan fingerprint density at radius 3 is 2.38 bits per heavy atom. The predicted molar refractivity (Wildman–Crippen MR) is 84.0 cm³/mol. The number of benzene rings is 1. The molecule has 0 radical (unpaired) electrons. The Hall–Kier alpha value is -1.40. The lowest BCUT2D eigenvalue weighted by Crippen LogP contribution is -2.43. The molecule has 0 heterocycles. The summed E-state index contributed by atoms with van der Waals surface area (Å²) in [5.41, 5.74) is 6.37. The smallest absolute Gasteiger partial charge is 0.242 e. The molecule has 1 aliphatic carbocycles. The van der Waals surface area contributed by atoms with E-state index in [-0.39, 0.29) is 5.91 Å². The lowest BCUT2D eigenvalue weighted by molar-refractivity contribution is -0.132.